The lowest BCUT2D eigenvalue weighted by molar-refractivity contribution is 0.0697. The summed E-state index contributed by atoms with van der Waals surface area (Å²) < 4.78 is 5.66. The lowest BCUT2D eigenvalue weighted by Gasteiger charge is -2.02. The van der Waals surface area contributed by atoms with E-state index in [1.54, 1.807) is 25.0 Å². The maximum atomic E-state index is 11.0. The predicted molar refractivity (Wildman–Crippen MR) is 67.0 cm³/mol. The number of aromatic nitrogens is 4. The Balaban J connectivity index is 1.96. The van der Waals surface area contributed by atoms with Gasteiger partial charge < -0.3 is 10.4 Å². The maximum absolute atomic E-state index is 11.0. The summed E-state index contributed by atoms with van der Waals surface area (Å²) in [7, 11) is 1.80. The van der Waals surface area contributed by atoms with Gasteiger partial charge in [0.2, 0.25) is 0 Å². The van der Waals surface area contributed by atoms with E-state index in [4.69, 9.17) is 5.11 Å². The van der Waals surface area contributed by atoms with Gasteiger partial charge in [-0.1, -0.05) is 0 Å². The second kappa shape index (κ2) is 5.13. The molecule has 0 bridgehead atoms. The lowest BCUT2D eigenvalue weighted by atomic mass is 10.2. The van der Waals surface area contributed by atoms with Gasteiger partial charge in [0, 0.05) is 20.0 Å². The number of nitrogens with zero attached hydrogens (tertiary/aromatic N) is 4. The molecule has 0 atom stereocenters. The van der Waals surface area contributed by atoms with Gasteiger partial charge in [0.05, 0.1) is 5.69 Å². The number of aromatic carboxylic acids is 1. The highest BCUT2D eigenvalue weighted by Crippen LogP contribution is 2.24. The minimum Gasteiger partial charge on any atom is -0.478 e. The van der Waals surface area contributed by atoms with Crippen LogP contribution in [0.5, 0.6) is 0 Å². The van der Waals surface area contributed by atoms with Crippen molar-refractivity contribution in [1.29, 1.82) is 0 Å². The SMILES string of the molecule is Cc1nsc(NCCc2ncn(C)n2)c1C(=O)O. The third-order valence-corrected chi connectivity index (χ3v) is 3.25. The number of nitrogens with one attached hydrogen (secondary N) is 1. The van der Waals surface area contributed by atoms with E-state index in [0.29, 0.717) is 23.7 Å². The molecule has 2 rings (SSSR count). The molecule has 0 aliphatic carbocycles. The van der Waals surface area contributed by atoms with Crippen LogP contribution in [0.2, 0.25) is 0 Å². The van der Waals surface area contributed by atoms with Crippen molar-refractivity contribution in [3.63, 3.8) is 0 Å². The monoisotopic (exact) mass is 267 g/mol. The minimum absolute atomic E-state index is 0.244. The maximum Gasteiger partial charge on any atom is 0.340 e. The fraction of sp³-hybridized carbons (Fsp3) is 0.400. The average molecular weight is 267 g/mol. The quantitative estimate of drug-likeness (QED) is 0.837. The van der Waals surface area contributed by atoms with Crippen LogP contribution in [-0.2, 0) is 13.5 Å². The minimum atomic E-state index is -0.959. The number of hydrogen-bond acceptors (Lipinski definition) is 6. The van der Waals surface area contributed by atoms with Gasteiger partial charge >= 0.3 is 5.97 Å². The molecule has 0 radical (unpaired) electrons. The fourth-order valence-electron chi connectivity index (χ4n) is 1.53. The molecular formula is C10H13N5O2S. The molecule has 8 heteroatoms. The van der Waals surface area contributed by atoms with Gasteiger partial charge in [-0.15, -0.1) is 0 Å². The lowest BCUT2D eigenvalue weighted by Crippen LogP contribution is -2.09. The zero-order valence-corrected chi connectivity index (χ0v) is 10.9. The number of carboxylic acids is 1. The van der Waals surface area contributed by atoms with Gasteiger partial charge in [0.25, 0.3) is 0 Å². The number of hydrogen-bond donors (Lipinski definition) is 2. The van der Waals surface area contributed by atoms with Crippen LogP contribution in [0, 0.1) is 6.92 Å². The average Bonchev–Trinajstić information content (AvgIpc) is 2.86. The van der Waals surface area contributed by atoms with Crippen molar-refractivity contribution in [2.45, 2.75) is 13.3 Å². The molecule has 0 fully saturated rings. The molecule has 0 aliphatic heterocycles. The van der Waals surface area contributed by atoms with Crippen molar-refractivity contribution in [1.82, 2.24) is 19.1 Å². The third-order valence-electron chi connectivity index (χ3n) is 2.36. The molecule has 0 saturated heterocycles. The molecule has 7 nitrogen and oxygen atoms in total. The van der Waals surface area contributed by atoms with Crippen LogP contribution in [0.4, 0.5) is 5.00 Å². The molecule has 96 valence electrons. The van der Waals surface area contributed by atoms with E-state index < -0.39 is 5.97 Å². The van der Waals surface area contributed by atoms with Crippen molar-refractivity contribution < 1.29 is 9.90 Å². The number of carbonyl (C=O) groups is 1. The Morgan fingerprint density at radius 3 is 3.00 bits per heavy atom. The Morgan fingerprint density at radius 1 is 1.61 bits per heavy atom. The van der Waals surface area contributed by atoms with Gasteiger partial charge in [0.1, 0.15) is 16.9 Å². The van der Waals surface area contributed by atoms with E-state index in [2.05, 4.69) is 19.8 Å². The van der Waals surface area contributed by atoms with E-state index in [9.17, 15) is 4.79 Å². The van der Waals surface area contributed by atoms with Crippen LogP contribution in [0.15, 0.2) is 6.33 Å². The van der Waals surface area contributed by atoms with Gasteiger partial charge in [-0.3, -0.25) is 4.68 Å². The molecule has 0 aliphatic rings. The van der Waals surface area contributed by atoms with Crippen LogP contribution in [0.25, 0.3) is 0 Å². The van der Waals surface area contributed by atoms with Crippen LogP contribution in [0.1, 0.15) is 21.9 Å². The summed E-state index contributed by atoms with van der Waals surface area (Å²) in [6.07, 6.45) is 2.27. The first-order valence-corrected chi connectivity index (χ1v) is 6.13. The number of anilines is 1. The highest BCUT2D eigenvalue weighted by molar-refractivity contribution is 7.10. The van der Waals surface area contributed by atoms with Crippen molar-refractivity contribution in [3.05, 3.63) is 23.4 Å². The van der Waals surface area contributed by atoms with Gasteiger partial charge in [-0.2, -0.15) is 9.47 Å². The van der Waals surface area contributed by atoms with Crippen molar-refractivity contribution in [2.75, 3.05) is 11.9 Å². The molecule has 18 heavy (non-hydrogen) atoms. The zero-order chi connectivity index (χ0) is 13.1. The van der Waals surface area contributed by atoms with Gasteiger partial charge in [-0.05, 0) is 18.5 Å². The summed E-state index contributed by atoms with van der Waals surface area (Å²) in [5, 5.41) is 16.8. The molecular weight excluding hydrogens is 254 g/mol. The number of carboxylic acid groups (broad SMARTS) is 1. The number of rotatable bonds is 5. The first-order chi connectivity index (χ1) is 8.58. The summed E-state index contributed by atoms with van der Waals surface area (Å²) in [5.41, 5.74) is 0.778. The Labute approximate surface area is 108 Å². The van der Waals surface area contributed by atoms with Crippen LogP contribution in [-0.4, -0.2) is 36.8 Å². The highest BCUT2D eigenvalue weighted by atomic mass is 32.1. The first-order valence-electron chi connectivity index (χ1n) is 5.36. The molecule has 0 spiro atoms. The number of aryl methyl sites for hydroxylation is 2. The third kappa shape index (κ3) is 2.65. The molecule has 0 amide bonds. The highest BCUT2D eigenvalue weighted by Gasteiger charge is 2.16. The standard InChI is InChI=1S/C10H13N5O2S/c1-6-8(10(16)17)9(18-14-6)11-4-3-7-12-5-15(2)13-7/h5,11H,3-4H2,1-2H3,(H,16,17). The summed E-state index contributed by atoms with van der Waals surface area (Å²) in [4.78, 5) is 15.1. The molecule has 2 heterocycles. The Hall–Kier alpha value is -1.96. The van der Waals surface area contributed by atoms with Crippen LogP contribution < -0.4 is 5.32 Å². The van der Waals surface area contributed by atoms with Crippen molar-refractivity contribution in [2.24, 2.45) is 7.05 Å². The van der Waals surface area contributed by atoms with E-state index in [0.717, 1.165) is 17.4 Å². The predicted octanol–water partition coefficient (Wildman–Crippen LogP) is 0.933. The van der Waals surface area contributed by atoms with Gasteiger partial charge in [-0.25, -0.2) is 9.78 Å². The summed E-state index contributed by atoms with van der Waals surface area (Å²) in [6.45, 7) is 2.26. The second-order valence-corrected chi connectivity index (χ2v) is 4.56. The Bertz CT molecular complexity index is 562. The van der Waals surface area contributed by atoms with E-state index >= 15 is 0 Å². The molecule has 0 unspecified atom stereocenters. The molecule has 0 aromatic carbocycles. The normalized spacial score (nSPS) is 10.6. The summed E-state index contributed by atoms with van der Waals surface area (Å²) >= 11 is 1.16. The smallest absolute Gasteiger partial charge is 0.340 e. The molecule has 2 aromatic heterocycles. The second-order valence-electron chi connectivity index (χ2n) is 3.79. The summed E-state index contributed by atoms with van der Waals surface area (Å²) in [5.74, 6) is -0.233. The molecule has 0 saturated carbocycles. The topological polar surface area (TPSA) is 92.9 Å². The van der Waals surface area contributed by atoms with Crippen LogP contribution >= 0.6 is 11.5 Å². The molecule has 2 aromatic rings. The van der Waals surface area contributed by atoms with E-state index in [1.165, 1.54) is 0 Å². The summed E-state index contributed by atoms with van der Waals surface area (Å²) in [6, 6.07) is 0. The van der Waals surface area contributed by atoms with E-state index in [1.807, 2.05) is 0 Å². The largest absolute Gasteiger partial charge is 0.478 e. The van der Waals surface area contributed by atoms with Crippen molar-refractivity contribution in [3.8, 4) is 0 Å². The fourth-order valence-corrected chi connectivity index (χ4v) is 2.34. The van der Waals surface area contributed by atoms with E-state index in [-0.39, 0.29) is 5.56 Å². The van der Waals surface area contributed by atoms with Crippen molar-refractivity contribution >= 4 is 22.5 Å². The first kappa shape index (κ1) is 12.5. The van der Waals surface area contributed by atoms with Crippen LogP contribution in [0.3, 0.4) is 0 Å². The zero-order valence-electron chi connectivity index (χ0n) is 10.0. The Kier molecular flexibility index (Phi) is 3.56. The molecule has 2 N–H and O–H groups in total. The Morgan fingerprint density at radius 2 is 2.39 bits per heavy atom. The van der Waals surface area contributed by atoms with Gasteiger partial charge in [0.15, 0.2) is 5.82 Å².